The Morgan fingerprint density at radius 3 is 2.54 bits per heavy atom. The first kappa shape index (κ1) is 10.6. The highest BCUT2D eigenvalue weighted by atomic mass is 35.5. The molecule has 0 fully saturated rings. The van der Waals surface area contributed by atoms with Crippen LogP contribution in [0.1, 0.15) is 24.9 Å². The van der Waals surface area contributed by atoms with Crippen LogP contribution in [0.4, 0.5) is 0 Å². The highest BCUT2D eigenvalue weighted by molar-refractivity contribution is 6.18. The van der Waals surface area contributed by atoms with E-state index >= 15 is 0 Å². The Morgan fingerprint density at radius 2 is 2.00 bits per heavy atom. The van der Waals surface area contributed by atoms with Gasteiger partial charge in [-0.25, -0.2) is 0 Å². The fourth-order valence-electron chi connectivity index (χ4n) is 1.41. The third-order valence-corrected chi connectivity index (χ3v) is 2.28. The zero-order chi connectivity index (χ0) is 9.52. The molecule has 1 nitrogen and oxygen atoms in total. The largest absolute Gasteiger partial charge is 0.309 e. The first-order valence-corrected chi connectivity index (χ1v) is 5.26. The second kappa shape index (κ2) is 6.01. The summed E-state index contributed by atoms with van der Waals surface area (Å²) in [6.45, 7) is 3.05. The van der Waals surface area contributed by atoms with E-state index in [1.807, 2.05) is 6.07 Å². The molecule has 0 amide bonds. The third kappa shape index (κ3) is 3.37. The average molecular weight is 198 g/mol. The standard InChI is InChI=1S/C11H16ClN/c1-2-11(13-9-8-12)10-6-4-3-5-7-10/h3-7,11,13H,2,8-9H2,1H3. The lowest BCUT2D eigenvalue weighted by Gasteiger charge is -2.16. The number of halogens is 1. The minimum atomic E-state index is 0.444. The molecule has 0 aliphatic heterocycles. The molecule has 1 aromatic rings. The molecule has 1 N–H and O–H groups in total. The summed E-state index contributed by atoms with van der Waals surface area (Å²) in [5.41, 5.74) is 1.34. The van der Waals surface area contributed by atoms with Crippen molar-refractivity contribution in [1.29, 1.82) is 0 Å². The second-order valence-electron chi connectivity index (χ2n) is 3.01. The Bertz CT molecular complexity index is 223. The van der Waals surface area contributed by atoms with E-state index in [-0.39, 0.29) is 0 Å². The van der Waals surface area contributed by atoms with E-state index < -0.39 is 0 Å². The molecule has 0 spiro atoms. The molecule has 72 valence electrons. The molecule has 1 aromatic carbocycles. The Balaban J connectivity index is 2.56. The second-order valence-corrected chi connectivity index (χ2v) is 3.39. The molecular weight excluding hydrogens is 182 g/mol. The Morgan fingerprint density at radius 1 is 1.31 bits per heavy atom. The maximum atomic E-state index is 5.63. The van der Waals surface area contributed by atoms with E-state index in [1.165, 1.54) is 5.56 Å². The Hall–Kier alpha value is -0.530. The smallest absolute Gasteiger partial charge is 0.0348 e. The highest BCUT2D eigenvalue weighted by Gasteiger charge is 2.05. The number of hydrogen-bond acceptors (Lipinski definition) is 1. The molecule has 0 saturated carbocycles. The topological polar surface area (TPSA) is 12.0 Å². The van der Waals surface area contributed by atoms with Crippen molar-refractivity contribution in [3.05, 3.63) is 35.9 Å². The summed E-state index contributed by atoms with van der Waals surface area (Å²) in [7, 11) is 0. The lowest BCUT2D eigenvalue weighted by molar-refractivity contribution is 0.539. The molecule has 2 heteroatoms. The SMILES string of the molecule is CCC(NCCCl)c1ccccc1. The van der Waals surface area contributed by atoms with Crippen molar-refractivity contribution < 1.29 is 0 Å². The average Bonchev–Trinajstić information content (AvgIpc) is 2.21. The lowest BCUT2D eigenvalue weighted by Crippen LogP contribution is -2.22. The van der Waals surface area contributed by atoms with Crippen LogP contribution < -0.4 is 5.32 Å². The fourth-order valence-corrected chi connectivity index (χ4v) is 1.52. The summed E-state index contributed by atoms with van der Waals surface area (Å²) >= 11 is 5.63. The fraction of sp³-hybridized carbons (Fsp3) is 0.455. The van der Waals surface area contributed by atoms with Crippen LogP contribution in [0.5, 0.6) is 0 Å². The Kier molecular flexibility index (Phi) is 4.87. The lowest BCUT2D eigenvalue weighted by atomic mass is 10.1. The van der Waals surface area contributed by atoms with Gasteiger partial charge in [0.2, 0.25) is 0 Å². The van der Waals surface area contributed by atoms with Crippen LogP contribution in [0.3, 0.4) is 0 Å². The van der Waals surface area contributed by atoms with Gasteiger partial charge in [-0.1, -0.05) is 37.3 Å². The minimum Gasteiger partial charge on any atom is -0.309 e. The number of benzene rings is 1. The molecule has 0 heterocycles. The molecule has 0 aliphatic carbocycles. The van der Waals surface area contributed by atoms with Crippen molar-refractivity contribution in [3.63, 3.8) is 0 Å². The molecule has 0 aliphatic rings. The van der Waals surface area contributed by atoms with Gasteiger partial charge >= 0.3 is 0 Å². The van der Waals surface area contributed by atoms with Gasteiger partial charge in [0.05, 0.1) is 0 Å². The van der Waals surface area contributed by atoms with E-state index in [9.17, 15) is 0 Å². The van der Waals surface area contributed by atoms with Gasteiger partial charge in [-0.15, -0.1) is 11.6 Å². The van der Waals surface area contributed by atoms with E-state index in [0.29, 0.717) is 11.9 Å². The van der Waals surface area contributed by atoms with Crippen molar-refractivity contribution in [2.75, 3.05) is 12.4 Å². The van der Waals surface area contributed by atoms with Crippen molar-refractivity contribution >= 4 is 11.6 Å². The molecular formula is C11H16ClN. The Labute approximate surface area is 85.1 Å². The quantitative estimate of drug-likeness (QED) is 0.716. The zero-order valence-corrected chi connectivity index (χ0v) is 8.72. The van der Waals surface area contributed by atoms with Gasteiger partial charge in [0.25, 0.3) is 0 Å². The summed E-state index contributed by atoms with van der Waals surface area (Å²) in [5, 5.41) is 3.40. The van der Waals surface area contributed by atoms with Crippen molar-refractivity contribution in [2.45, 2.75) is 19.4 Å². The first-order valence-electron chi connectivity index (χ1n) is 4.72. The van der Waals surface area contributed by atoms with Crippen LogP contribution in [-0.2, 0) is 0 Å². The van der Waals surface area contributed by atoms with Crippen LogP contribution in [0.2, 0.25) is 0 Å². The summed E-state index contributed by atoms with van der Waals surface area (Å²) in [5.74, 6) is 0.670. The zero-order valence-electron chi connectivity index (χ0n) is 7.96. The highest BCUT2D eigenvalue weighted by Crippen LogP contribution is 2.15. The van der Waals surface area contributed by atoms with Gasteiger partial charge < -0.3 is 5.32 Å². The van der Waals surface area contributed by atoms with Gasteiger partial charge in [0.1, 0.15) is 0 Å². The predicted octanol–water partition coefficient (Wildman–Crippen LogP) is 2.97. The van der Waals surface area contributed by atoms with Gasteiger partial charge in [0.15, 0.2) is 0 Å². The number of rotatable bonds is 5. The summed E-state index contributed by atoms with van der Waals surface area (Å²) < 4.78 is 0. The summed E-state index contributed by atoms with van der Waals surface area (Å²) in [4.78, 5) is 0. The monoisotopic (exact) mass is 197 g/mol. The van der Waals surface area contributed by atoms with Gasteiger partial charge in [-0.2, -0.15) is 0 Å². The van der Waals surface area contributed by atoms with Crippen LogP contribution in [0, 0.1) is 0 Å². The maximum absolute atomic E-state index is 5.63. The molecule has 0 aromatic heterocycles. The van der Waals surface area contributed by atoms with E-state index in [4.69, 9.17) is 11.6 Å². The van der Waals surface area contributed by atoms with Crippen LogP contribution >= 0.6 is 11.6 Å². The van der Waals surface area contributed by atoms with Gasteiger partial charge in [-0.05, 0) is 12.0 Å². The molecule has 1 unspecified atom stereocenters. The molecule has 1 atom stereocenters. The summed E-state index contributed by atoms with van der Waals surface area (Å²) in [6.07, 6.45) is 1.10. The van der Waals surface area contributed by atoms with Crippen molar-refractivity contribution in [2.24, 2.45) is 0 Å². The molecule has 0 radical (unpaired) electrons. The van der Waals surface area contributed by atoms with Crippen LogP contribution in [0.25, 0.3) is 0 Å². The van der Waals surface area contributed by atoms with E-state index in [2.05, 4.69) is 36.5 Å². The maximum Gasteiger partial charge on any atom is 0.0348 e. The van der Waals surface area contributed by atoms with E-state index in [1.54, 1.807) is 0 Å². The molecule has 0 bridgehead atoms. The minimum absolute atomic E-state index is 0.444. The first-order chi connectivity index (χ1) is 6.38. The normalized spacial score (nSPS) is 12.8. The van der Waals surface area contributed by atoms with Gasteiger partial charge in [-0.3, -0.25) is 0 Å². The van der Waals surface area contributed by atoms with E-state index in [0.717, 1.165) is 13.0 Å². The molecule has 0 saturated heterocycles. The number of hydrogen-bond donors (Lipinski definition) is 1. The van der Waals surface area contributed by atoms with Crippen molar-refractivity contribution in [1.82, 2.24) is 5.32 Å². The predicted molar refractivity (Wildman–Crippen MR) is 58.2 cm³/mol. The number of nitrogens with one attached hydrogen (secondary N) is 1. The molecule has 1 rings (SSSR count). The van der Waals surface area contributed by atoms with Crippen LogP contribution in [-0.4, -0.2) is 12.4 Å². The third-order valence-electron chi connectivity index (χ3n) is 2.10. The molecule has 13 heavy (non-hydrogen) atoms. The number of alkyl halides is 1. The summed E-state index contributed by atoms with van der Waals surface area (Å²) in [6, 6.07) is 10.9. The van der Waals surface area contributed by atoms with Crippen molar-refractivity contribution in [3.8, 4) is 0 Å². The van der Waals surface area contributed by atoms with Crippen LogP contribution in [0.15, 0.2) is 30.3 Å². The van der Waals surface area contributed by atoms with Gasteiger partial charge in [0, 0.05) is 18.5 Å².